The summed E-state index contributed by atoms with van der Waals surface area (Å²) in [7, 11) is 0. The molecule has 0 aliphatic heterocycles. The average molecular weight is 510 g/mol. The Morgan fingerprint density at radius 1 is 0.450 bits per heavy atom. The number of rotatable bonds is 3. The predicted molar refractivity (Wildman–Crippen MR) is 167 cm³/mol. The number of hydrogen-bond acceptors (Lipinski definition) is 0. The number of fused-ring (bicyclic) bond motifs is 6. The van der Waals surface area contributed by atoms with E-state index in [0.717, 1.165) is 22.4 Å². The molecular weight excluding hydrogens is 486 g/mol. The Kier molecular flexibility index (Phi) is 4.89. The summed E-state index contributed by atoms with van der Waals surface area (Å²) in [5, 5.41) is 4.89. The van der Waals surface area contributed by atoms with Gasteiger partial charge in [-0.2, -0.15) is 0 Å². The molecule has 0 atom stereocenters. The Balaban J connectivity index is 1.44. The molecule has 0 bridgehead atoms. The molecule has 186 valence electrons. The Labute approximate surface area is 231 Å². The number of benzene rings is 6. The summed E-state index contributed by atoms with van der Waals surface area (Å²) in [6, 6.07) is 49.1. The highest BCUT2D eigenvalue weighted by atomic mass is 15.0. The van der Waals surface area contributed by atoms with Gasteiger partial charge >= 0.3 is 0 Å². The fraction of sp³-hybridized carbons (Fsp3) is 0. The van der Waals surface area contributed by atoms with Gasteiger partial charge in [-0.25, -0.2) is 4.85 Å². The summed E-state index contributed by atoms with van der Waals surface area (Å²) >= 11 is 0. The molecule has 8 aromatic rings. The van der Waals surface area contributed by atoms with Crippen molar-refractivity contribution < 1.29 is 0 Å². The van der Waals surface area contributed by atoms with Crippen LogP contribution in [-0.2, 0) is 0 Å². The van der Waals surface area contributed by atoms with Gasteiger partial charge in [0.1, 0.15) is 0 Å². The Morgan fingerprint density at radius 3 is 1.88 bits per heavy atom. The summed E-state index contributed by atoms with van der Waals surface area (Å²) in [6.45, 7) is 7.51. The van der Waals surface area contributed by atoms with Crippen LogP contribution in [0.3, 0.4) is 0 Å². The van der Waals surface area contributed by atoms with Crippen molar-refractivity contribution >= 4 is 49.3 Å². The Morgan fingerprint density at radius 2 is 1.07 bits per heavy atom. The topological polar surface area (TPSA) is 14.2 Å². The quantitative estimate of drug-likeness (QED) is 0.210. The van der Waals surface area contributed by atoms with Crippen LogP contribution in [0.15, 0.2) is 140 Å². The highest BCUT2D eigenvalue weighted by Gasteiger charge is 2.18. The van der Waals surface area contributed by atoms with E-state index in [-0.39, 0.29) is 0 Å². The van der Waals surface area contributed by atoms with E-state index in [2.05, 4.69) is 135 Å². The van der Waals surface area contributed by atoms with E-state index in [4.69, 9.17) is 6.57 Å². The van der Waals surface area contributed by atoms with Gasteiger partial charge in [0.25, 0.3) is 0 Å². The summed E-state index contributed by atoms with van der Waals surface area (Å²) in [5.41, 5.74) is 9.84. The molecule has 0 unspecified atom stereocenters. The number of nitrogens with zero attached hydrogens (tertiary/aromatic N) is 3. The van der Waals surface area contributed by atoms with Gasteiger partial charge in [-0.05, 0) is 54.1 Å². The van der Waals surface area contributed by atoms with E-state index < -0.39 is 0 Å². The molecule has 0 amide bonds. The second-order valence-electron chi connectivity index (χ2n) is 10.1. The van der Waals surface area contributed by atoms with E-state index in [1.165, 1.54) is 43.7 Å². The smallest absolute Gasteiger partial charge is 0.189 e. The maximum absolute atomic E-state index is 7.51. The van der Waals surface area contributed by atoms with E-state index >= 15 is 0 Å². The standard InChI is InChI=1S/C37H23N3/c1-38-26-11-9-14-28(24-26)39-34-19-7-6-16-31(34)33-23-25(21-22-36(33)39)29-17-10-18-32-30-15-5-8-20-35(30)40(37(29)32)27-12-3-2-4-13-27/h2-24H. The van der Waals surface area contributed by atoms with E-state index in [0.29, 0.717) is 5.69 Å². The molecule has 0 saturated carbocycles. The molecule has 6 aromatic carbocycles. The highest BCUT2D eigenvalue weighted by Crippen LogP contribution is 2.40. The van der Waals surface area contributed by atoms with Gasteiger partial charge in [-0.1, -0.05) is 91.0 Å². The van der Waals surface area contributed by atoms with Gasteiger partial charge in [-0.3, -0.25) is 0 Å². The zero-order chi connectivity index (χ0) is 26.6. The normalized spacial score (nSPS) is 11.5. The molecule has 0 spiro atoms. The SMILES string of the molecule is [C-]#[N+]c1cccc(-n2c3ccccc3c3cc(-c4cccc5c6ccccc6n(-c6ccccc6)c45)ccc32)c1. The maximum Gasteiger partial charge on any atom is 0.189 e. The monoisotopic (exact) mass is 509 g/mol. The summed E-state index contributed by atoms with van der Waals surface area (Å²) < 4.78 is 4.66. The van der Waals surface area contributed by atoms with Gasteiger partial charge < -0.3 is 9.13 Å². The molecule has 3 nitrogen and oxygen atoms in total. The first-order chi connectivity index (χ1) is 19.8. The molecule has 0 radical (unpaired) electrons. The lowest BCUT2D eigenvalue weighted by atomic mass is 10.00. The van der Waals surface area contributed by atoms with Crippen LogP contribution in [0.2, 0.25) is 0 Å². The van der Waals surface area contributed by atoms with Gasteiger partial charge in [-0.15, -0.1) is 0 Å². The number of aromatic nitrogens is 2. The van der Waals surface area contributed by atoms with Gasteiger partial charge in [0.2, 0.25) is 0 Å². The van der Waals surface area contributed by atoms with Gasteiger partial charge in [0.15, 0.2) is 5.69 Å². The zero-order valence-corrected chi connectivity index (χ0v) is 21.6. The Bertz CT molecular complexity index is 2280. The third kappa shape index (κ3) is 3.24. The van der Waals surface area contributed by atoms with Crippen LogP contribution in [0.5, 0.6) is 0 Å². The van der Waals surface area contributed by atoms with Crippen LogP contribution in [0.25, 0.3) is 71.0 Å². The molecule has 8 rings (SSSR count). The number of hydrogen-bond donors (Lipinski definition) is 0. The summed E-state index contributed by atoms with van der Waals surface area (Å²) in [5.74, 6) is 0. The molecule has 0 aliphatic rings. The van der Waals surface area contributed by atoms with Crippen molar-refractivity contribution in [2.24, 2.45) is 0 Å². The molecule has 0 aliphatic carbocycles. The first-order valence-electron chi connectivity index (χ1n) is 13.4. The van der Waals surface area contributed by atoms with Crippen LogP contribution >= 0.6 is 0 Å². The van der Waals surface area contributed by atoms with Crippen LogP contribution in [0, 0.1) is 6.57 Å². The minimum atomic E-state index is 0.639. The predicted octanol–water partition coefficient (Wildman–Crippen LogP) is 10.1. The van der Waals surface area contributed by atoms with Gasteiger partial charge in [0.05, 0.1) is 28.6 Å². The summed E-state index contributed by atoms with van der Waals surface area (Å²) in [6.07, 6.45) is 0. The van der Waals surface area contributed by atoms with Crippen LogP contribution < -0.4 is 0 Å². The molecule has 3 heteroatoms. The van der Waals surface area contributed by atoms with Crippen molar-refractivity contribution in [3.05, 3.63) is 151 Å². The first-order valence-corrected chi connectivity index (χ1v) is 13.4. The molecule has 2 heterocycles. The van der Waals surface area contributed by atoms with Crippen molar-refractivity contribution in [2.75, 3.05) is 0 Å². The molecular formula is C37H23N3. The first kappa shape index (κ1) is 22.4. The van der Waals surface area contributed by atoms with Crippen molar-refractivity contribution in [1.82, 2.24) is 9.13 Å². The van der Waals surface area contributed by atoms with Crippen LogP contribution in [-0.4, -0.2) is 9.13 Å². The molecule has 40 heavy (non-hydrogen) atoms. The Hall–Kier alpha value is -5.59. The van der Waals surface area contributed by atoms with Crippen molar-refractivity contribution in [3.63, 3.8) is 0 Å². The minimum Gasteiger partial charge on any atom is -0.311 e. The minimum absolute atomic E-state index is 0.639. The fourth-order valence-corrected chi connectivity index (χ4v) is 6.22. The fourth-order valence-electron chi connectivity index (χ4n) is 6.22. The second-order valence-corrected chi connectivity index (χ2v) is 10.1. The molecule has 0 saturated heterocycles. The molecule has 2 aromatic heterocycles. The summed E-state index contributed by atoms with van der Waals surface area (Å²) in [4.78, 5) is 3.67. The molecule has 0 N–H and O–H groups in total. The van der Waals surface area contributed by atoms with E-state index in [9.17, 15) is 0 Å². The van der Waals surface area contributed by atoms with Crippen molar-refractivity contribution in [3.8, 4) is 22.5 Å². The lowest BCUT2D eigenvalue weighted by Crippen LogP contribution is -1.95. The lowest BCUT2D eigenvalue weighted by molar-refractivity contribution is 1.18. The number of para-hydroxylation sites is 4. The second kappa shape index (κ2) is 8.73. The van der Waals surface area contributed by atoms with Crippen molar-refractivity contribution in [1.29, 1.82) is 0 Å². The third-order valence-corrected chi connectivity index (χ3v) is 7.91. The van der Waals surface area contributed by atoms with Gasteiger partial charge in [0, 0.05) is 38.5 Å². The van der Waals surface area contributed by atoms with Crippen LogP contribution in [0.1, 0.15) is 0 Å². The maximum atomic E-state index is 7.51. The van der Waals surface area contributed by atoms with E-state index in [1.54, 1.807) is 0 Å². The van der Waals surface area contributed by atoms with Crippen LogP contribution in [0.4, 0.5) is 5.69 Å². The zero-order valence-electron chi connectivity index (χ0n) is 21.6. The largest absolute Gasteiger partial charge is 0.311 e. The average Bonchev–Trinajstić information content (AvgIpc) is 3.54. The third-order valence-electron chi connectivity index (χ3n) is 7.91. The highest BCUT2D eigenvalue weighted by molar-refractivity contribution is 6.15. The lowest BCUT2D eigenvalue weighted by Gasteiger charge is -2.12. The molecule has 0 fully saturated rings. The van der Waals surface area contributed by atoms with E-state index in [1.807, 2.05) is 18.2 Å². The van der Waals surface area contributed by atoms with Crippen molar-refractivity contribution in [2.45, 2.75) is 0 Å².